The largest absolute Gasteiger partial charge is 0.321 e. The molecule has 5 aromatic rings. The van der Waals surface area contributed by atoms with Gasteiger partial charge in [-0.1, -0.05) is 48.5 Å². The maximum atomic E-state index is 14.3. The van der Waals surface area contributed by atoms with E-state index in [1.54, 1.807) is 72.8 Å². The Balaban J connectivity index is 1.36. The number of nitrogens with one attached hydrogen (secondary N) is 3. The smallest absolute Gasteiger partial charge is 0.272 e. The molecule has 0 spiro atoms. The maximum Gasteiger partial charge on any atom is 0.272 e. The van der Waals surface area contributed by atoms with E-state index in [2.05, 4.69) is 10.6 Å². The molecule has 3 amide bonds. The molecule has 0 saturated heterocycles. The second-order valence-corrected chi connectivity index (χ2v) is 11.6. The predicted octanol–water partition coefficient (Wildman–Crippen LogP) is 8.03. The van der Waals surface area contributed by atoms with Gasteiger partial charge in [-0.15, -0.1) is 11.8 Å². The normalized spacial score (nSPS) is 11.7. The Hall–Kier alpha value is -6.28. The molecule has 0 aliphatic rings. The van der Waals surface area contributed by atoms with Gasteiger partial charge < -0.3 is 16.0 Å². The number of anilines is 2. The molecule has 14 heteroatoms. The molecule has 0 radical (unpaired) electrons. The average molecular weight is 701 g/mol. The van der Waals surface area contributed by atoms with E-state index in [0.717, 1.165) is 11.8 Å². The Morgan fingerprint density at radius 3 is 1.90 bits per heavy atom. The first-order valence-electron chi connectivity index (χ1n) is 14.6. The number of thioether (sulfide) groups is 1. The van der Waals surface area contributed by atoms with E-state index in [9.17, 15) is 42.1 Å². The predicted molar refractivity (Wildman–Crippen MR) is 180 cm³/mol. The molecular weight excluding hydrogens is 676 g/mol. The first kappa shape index (κ1) is 35.0. The molecule has 252 valence electrons. The number of non-ortho nitro benzene ring substituents is 1. The molecule has 0 aromatic heterocycles. The SMILES string of the molecule is O=C(Nc1ccc(SC(C(=O)Nc2c(F)c(F)cc(F)c2F)c2ccccc2)cc1)/C(=C/c1ccc([N+](=O)[O-])cc1)NC(=O)c1ccccc1. The van der Waals surface area contributed by atoms with Gasteiger partial charge in [0.05, 0.1) is 4.92 Å². The van der Waals surface area contributed by atoms with Gasteiger partial charge in [-0.2, -0.15) is 0 Å². The Labute approximate surface area is 286 Å². The number of halogens is 4. The summed E-state index contributed by atoms with van der Waals surface area (Å²) in [5.74, 6) is -9.12. The van der Waals surface area contributed by atoms with Gasteiger partial charge in [0, 0.05) is 34.3 Å². The molecule has 3 N–H and O–H groups in total. The van der Waals surface area contributed by atoms with Crippen LogP contribution in [0, 0.1) is 33.4 Å². The lowest BCUT2D eigenvalue weighted by Crippen LogP contribution is -2.30. The van der Waals surface area contributed by atoms with Crippen molar-refractivity contribution in [2.24, 2.45) is 0 Å². The second-order valence-electron chi connectivity index (χ2n) is 10.4. The van der Waals surface area contributed by atoms with Crippen LogP contribution in [0.1, 0.15) is 26.7 Å². The maximum absolute atomic E-state index is 14.3. The number of nitro groups is 1. The van der Waals surface area contributed by atoms with Gasteiger partial charge in [0.2, 0.25) is 5.91 Å². The first-order valence-corrected chi connectivity index (χ1v) is 15.5. The fourth-order valence-corrected chi connectivity index (χ4v) is 5.55. The van der Waals surface area contributed by atoms with Gasteiger partial charge in [0.15, 0.2) is 23.3 Å². The van der Waals surface area contributed by atoms with Crippen LogP contribution in [0.25, 0.3) is 6.08 Å². The molecular formula is C36H24F4N4O5S. The molecule has 5 rings (SSSR count). The van der Waals surface area contributed by atoms with E-state index in [-0.39, 0.29) is 28.7 Å². The molecule has 0 aliphatic heterocycles. The van der Waals surface area contributed by atoms with E-state index in [0.29, 0.717) is 16.0 Å². The molecule has 0 bridgehead atoms. The van der Waals surface area contributed by atoms with Crippen LogP contribution in [-0.4, -0.2) is 22.6 Å². The minimum absolute atomic E-state index is 0.0374. The summed E-state index contributed by atoms with van der Waals surface area (Å²) in [5, 5.41) is 17.1. The molecule has 0 fully saturated rings. The van der Waals surface area contributed by atoms with Crippen LogP contribution in [0.15, 0.2) is 126 Å². The summed E-state index contributed by atoms with van der Waals surface area (Å²) in [6.07, 6.45) is 1.35. The van der Waals surface area contributed by atoms with Gasteiger partial charge >= 0.3 is 0 Å². The van der Waals surface area contributed by atoms with E-state index in [1.807, 2.05) is 5.32 Å². The lowest BCUT2D eigenvalue weighted by Gasteiger charge is -2.18. The van der Waals surface area contributed by atoms with Crippen LogP contribution in [0.3, 0.4) is 0 Å². The van der Waals surface area contributed by atoms with Crippen molar-refractivity contribution < 1.29 is 36.9 Å². The first-order chi connectivity index (χ1) is 24.0. The van der Waals surface area contributed by atoms with Crippen LogP contribution in [0.5, 0.6) is 0 Å². The van der Waals surface area contributed by atoms with Gasteiger partial charge in [-0.3, -0.25) is 24.5 Å². The van der Waals surface area contributed by atoms with Crippen molar-refractivity contribution in [2.45, 2.75) is 10.1 Å². The van der Waals surface area contributed by atoms with E-state index >= 15 is 0 Å². The molecule has 0 saturated carbocycles. The van der Waals surface area contributed by atoms with Crippen molar-refractivity contribution in [1.29, 1.82) is 0 Å². The van der Waals surface area contributed by atoms with Crippen molar-refractivity contribution in [3.8, 4) is 0 Å². The fraction of sp³-hybridized carbons (Fsp3) is 0.0278. The molecule has 50 heavy (non-hydrogen) atoms. The highest BCUT2D eigenvalue weighted by atomic mass is 32.2. The molecule has 1 unspecified atom stereocenters. The summed E-state index contributed by atoms with van der Waals surface area (Å²) < 4.78 is 56.3. The van der Waals surface area contributed by atoms with Crippen LogP contribution >= 0.6 is 11.8 Å². The summed E-state index contributed by atoms with van der Waals surface area (Å²) in [5.41, 5.74) is -0.214. The van der Waals surface area contributed by atoms with Crippen molar-refractivity contribution in [2.75, 3.05) is 10.6 Å². The lowest BCUT2D eigenvalue weighted by atomic mass is 10.1. The highest BCUT2D eigenvalue weighted by molar-refractivity contribution is 8.00. The Bertz CT molecular complexity index is 2060. The summed E-state index contributed by atoms with van der Waals surface area (Å²) in [6, 6.07) is 27.8. The number of carbonyl (C=O) groups is 3. The summed E-state index contributed by atoms with van der Waals surface area (Å²) in [7, 11) is 0. The number of benzene rings is 5. The molecule has 5 aromatic carbocycles. The second kappa shape index (κ2) is 15.7. The number of hydrogen-bond donors (Lipinski definition) is 3. The number of carbonyl (C=O) groups excluding carboxylic acids is 3. The Kier molecular flexibility index (Phi) is 11.0. The topological polar surface area (TPSA) is 130 Å². The number of hydrogen-bond acceptors (Lipinski definition) is 6. The third-order valence-electron chi connectivity index (χ3n) is 7.01. The van der Waals surface area contributed by atoms with Gasteiger partial charge in [-0.05, 0) is 65.7 Å². The summed E-state index contributed by atoms with van der Waals surface area (Å²) in [4.78, 5) is 50.5. The standard InChI is InChI=1S/C36H24F4N4O5S/c37-27-20-28(38)31(40)32(30(27)39)43-36(47)33(22-7-3-1-4-8-22)50-26-17-13-24(14-18-26)41-35(46)29(42-34(45)23-9-5-2-6-10-23)19-21-11-15-25(16-12-21)44(48)49/h1-20,33H,(H,41,46)(H,42,45)(H,43,47)/b29-19-. The van der Waals surface area contributed by atoms with Crippen molar-refractivity contribution in [3.05, 3.63) is 171 Å². The van der Waals surface area contributed by atoms with Gasteiger partial charge in [0.25, 0.3) is 17.5 Å². The highest BCUT2D eigenvalue weighted by Gasteiger charge is 2.27. The van der Waals surface area contributed by atoms with Crippen LogP contribution in [0.2, 0.25) is 0 Å². The summed E-state index contributed by atoms with van der Waals surface area (Å²) >= 11 is 0.961. The van der Waals surface area contributed by atoms with Crippen molar-refractivity contribution >= 4 is 52.6 Å². The lowest BCUT2D eigenvalue weighted by molar-refractivity contribution is -0.384. The molecule has 0 heterocycles. The number of amides is 3. The fourth-order valence-electron chi connectivity index (χ4n) is 4.53. The zero-order valence-electron chi connectivity index (χ0n) is 25.5. The third-order valence-corrected chi connectivity index (χ3v) is 8.28. The number of nitro benzene ring substituents is 1. The average Bonchev–Trinajstić information content (AvgIpc) is 3.12. The van der Waals surface area contributed by atoms with E-state index in [1.165, 1.54) is 42.5 Å². The van der Waals surface area contributed by atoms with E-state index < -0.39 is 56.9 Å². The van der Waals surface area contributed by atoms with Gasteiger partial charge in [0.1, 0.15) is 16.6 Å². The van der Waals surface area contributed by atoms with Crippen LogP contribution < -0.4 is 16.0 Å². The minimum atomic E-state index is -1.75. The van der Waals surface area contributed by atoms with Crippen molar-refractivity contribution in [1.82, 2.24) is 5.32 Å². The molecule has 9 nitrogen and oxygen atoms in total. The minimum Gasteiger partial charge on any atom is -0.321 e. The number of nitrogens with zero attached hydrogens (tertiary/aromatic N) is 1. The quantitative estimate of drug-likeness (QED) is 0.0320. The Morgan fingerprint density at radius 1 is 0.740 bits per heavy atom. The molecule has 0 aliphatic carbocycles. The van der Waals surface area contributed by atoms with E-state index in [4.69, 9.17) is 0 Å². The van der Waals surface area contributed by atoms with Gasteiger partial charge in [-0.25, -0.2) is 17.6 Å². The van der Waals surface area contributed by atoms with Crippen molar-refractivity contribution in [3.63, 3.8) is 0 Å². The zero-order chi connectivity index (χ0) is 35.8. The zero-order valence-corrected chi connectivity index (χ0v) is 26.3. The highest BCUT2D eigenvalue weighted by Crippen LogP contribution is 2.37. The number of rotatable bonds is 11. The monoisotopic (exact) mass is 700 g/mol. The molecule has 1 atom stereocenters. The third kappa shape index (κ3) is 8.59. The van der Waals surface area contributed by atoms with Crippen LogP contribution in [-0.2, 0) is 9.59 Å². The van der Waals surface area contributed by atoms with Crippen LogP contribution in [0.4, 0.5) is 34.6 Å². The summed E-state index contributed by atoms with van der Waals surface area (Å²) in [6.45, 7) is 0. The Morgan fingerprint density at radius 2 is 1.32 bits per heavy atom.